The molecule has 2 aliphatic rings. The van der Waals surface area contributed by atoms with Gasteiger partial charge in [-0.1, -0.05) is 18.2 Å². The normalized spacial score (nSPS) is 17.3. The summed E-state index contributed by atoms with van der Waals surface area (Å²) in [5.41, 5.74) is 0.823. The van der Waals surface area contributed by atoms with Crippen molar-refractivity contribution in [3.63, 3.8) is 0 Å². The standard InChI is InChI=1S/C25H27N3O5/c29-24-20-7-6-19(33-18-4-2-1-3-5-18)16-21(20)22(17-27-8-12-31-13-9-27)26-23(24)25(30)28-10-14-32-15-11-28/h1-7,16,29H,8-15,17H2. The van der Waals surface area contributed by atoms with Crippen molar-refractivity contribution < 1.29 is 24.1 Å². The highest BCUT2D eigenvalue weighted by atomic mass is 16.5. The number of amides is 1. The molecule has 33 heavy (non-hydrogen) atoms. The fourth-order valence-electron chi connectivity index (χ4n) is 4.19. The van der Waals surface area contributed by atoms with Gasteiger partial charge in [-0.15, -0.1) is 0 Å². The van der Waals surface area contributed by atoms with Crippen molar-refractivity contribution in [2.45, 2.75) is 6.54 Å². The summed E-state index contributed by atoms with van der Waals surface area (Å²) in [7, 11) is 0. The number of aromatic nitrogens is 1. The van der Waals surface area contributed by atoms with E-state index in [1.54, 1.807) is 17.0 Å². The van der Waals surface area contributed by atoms with Crippen LogP contribution in [0.15, 0.2) is 48.5 Å². The van der Waals surface area contributed by atoms with Gasteiger partial charge in [0.15, 0.2) is 11.4 Å². The van der Waals surface area contributed by atoms with E-state index in [0.717, 1.165) is 29.9 Å². The summed E-state index contributed by atoms with van der Waals surface area (Å²) in [4.78, 5) is 21.8. The van der Waals surface area contributed by atoms with Crippen molar-refractivity contribution in [3.05, 3.63) is 59.9 Å². The largest absolute Gasteiger partial charge is 0.505 e. The van der Waals surface area contributed by atoms with E-state index in [-0.39, 0.29) is 17.4 Å². The first-order valence-electron chi connectivity index (χ1n) is 11.2. The Bertz CT molecular complexity index is 1130. The van der Waals surface area contributed by atoms with Gasteiger partial charge in [0.05, 0.1) is 32.1 Å². The van der Waals surface area contributed by atoms with Gasteiger partial charge in [0, 0.05) is 43.5 Å². The van der Waals surface area contributed by atoms with Crippen LogP contribution >= 0.6 is 0 Å². The van der Waals surface area contributed by atoms with Crippen LogP contribution in [-0.4, -0.2) is 78.4 Å². The molecule has 0 bridgehead atoms. The minimum atomic E-state index is -0.273. The number of ether oxygens (including phenoxy) is 3. The molecule has 2 fully saturated rings. The second-order valence-electron chi connectivity index (χ2n) is 8.17. The fourth-order valence-corrected chi connectivity index (χ4v) is 4.19. The van der Waals surface area contributed by atoms with E-state index in [2.05, 4.69) is 4.90 Å². The molecule has 2 aliphatic heterocycles. The number of nitrogens with zero attached hydrogens (tertiary/aromatic N) is 3. The number of para-hydroxylation sites is 1. The van der Waals surface area contributed by atoms with Crippen molar-refractivity contribution in [2.24, 2.45) is 0 Å². The number of rotatable bonds is 5. The van der Waals surface area contributed by atoms with E-state index >= 15 is 0 Å². The molecule has 2 aromatic carbocycles. The molecule has 0 spiro atoms. The number of carbonyl (C=O) groups is 1. The van der Waals surface area contributed by atoms with Crippen LogP contribution in [0.2, 0.25) is 0 Å². The lowest BCUT2D eigenvalue weighted by molar-refractivity contribution is 0.0293. The molecule has 8 heteroatoms. The van der Waals surface area contributed by atoms with Gasteiger partial charge in [-0.05, 0) is 30.3 Å². The van der Waals surface area contributed by atoms with Gasteiger partial charge in [-0.3, -0.25) is 9.69 Å². The quantitative estimate of drug-likeness (QED) is 0.641. The summed E-state index contributed by atoms with van der Waals surface area (Å²) in [5.74, 6) is 0.997. The summed E-state index contributed by atoms with van der Waals surface area (Å²) < 4.78 is 16.9. The van der Waals surface area contributed by atoms with Crippen LogP contribution in [0, 0.1) is 0 Å². The predicted molar refractivity (Wildman–Crippen MR) is 123 cm³/mol. The molecule has 2 saturated heterocycles. The Morgan fingerprint density at radius 1 is 0.909 bits per heavy atom. The molecule has 8 nitrogen and oxygen atoms in total. The maximum Gasteiger partial charge on any atom is 0.276 e. The molecule has 0 saturated carbocycles. The first kappa shape index (κ1) is 21.6. The Morgan fingerprint density at radius 3 is 2.33 bits per heavy atom. The first-order chi connectivity index (χ1) is 16.2. The number of carbonyl (C=O) groups excluding carboxylic acids is 1. The smallest absolute Gasteiger partial charge is 0.276 e. The third-order valence-corrected chi connectivity index (χ3v) is 5.98. The van der Waals surface area contributed by atoms with Crippen LogP contribution in [0.5, 0.6) is 17.2 Å². The Kier molecular flexibility index (Phi) is 6.39. The van der Waals surface area contributed by atoms with Crippen molar-refractivity contribution in [2.75, 3.05) is 52.6 Å². The van der Waals surface area contributed by atoms with E-state index in [1.165, 1.54) is 0 Å². The van der Waals surface area contributed by atoms with Gasteiger partial charge < -0.3 is 24.2 Å². The monoisotopic (exact) mass is 449 g/mol. The third-order valence-electron chi connectivity index (χ3n) is 5.98. The second-order valence-corrected chi connectivity index (χ2v) is 8.17. The highest BCUT2D eigenvalue weighted by molar-refractivity contribution is 6.02. The minimum Gasteiger partial charge on any atom is -0.505 e. The zero-order valence-electron chi connectivity index (χ0n) is 18.4. The maximum absolute atomic E-state index is 13.2. The lowest BCUT2D eigenvalue weighted by Crippen LogP contribution is -2.41. The highest BCUT2D eigenvalue weighted by Gasteiger charge is 2.26. The van der Waals surface area contributed by atoms with Gasteiger partial charge in [0.25, 0.3) is 5.91 Å². The SMILES string of the molecule is O=C(c1nc(CN2CCOCC2)c2cc(Oc3ccccc3)ccc2c1O)N1CCOCC1. The summed E-state index contributed by atoms with van der Waals surface area (Å²) in [6, 6.07) is 15.0. The fraction of sp³-hybridized carbons (Fsp3) is 0.360. The summed E-state index contributed by atoms with van der Waals surface area (Å²) in [5, 5.41) is 12.4. The van der Waals surface area contributed by atoms with Crippen LogP contribution in [-0.2, 0) is 16.0 Å². The number of hydrogen-bond acceptors (Lipinski definition) is 7. The van der Waals surface area contributed by atoms with Crippen LogP contribution in [0.25, 0.3) is 10.8 Å². The van der Waals surface area contributed by atoms with Crippen molar-refractivity contribution in [3.8, 4) is 17.2 Å². The van der Waals surface area contributed by atoms with Crippen molar-refractivity contribution >= 4 is 16.7 Å². The third kappa shape index (κ3) is 4.78. The molecule has 3 aromatic rings. The van der Waals surface area contributed by atoms with Gasteiger partial charge in [0.1, 0.15) is 11.5 Å². The average Bonchev–Trinajstić information content (AvgIpc) is 2.87. The molecule has 5 rings (SSSR count). The number of benzene rings is 2. The van der Waals surface area contributed by atoms with E-state index in [0.29, 0.717) is 57.2 Å². The number of hydrogen-bond donors (Lipinski definition) is 1. The Morgan fingerprint density at radius 2 is 1.61 bits per heavy atom. The van der Waals surface area contributed by atoms with Gasteiger partial charge in [-0.2, -0.15) is 0 Å². The highest BCUT2D eigenvalue weighted by Crippen LogP contribution is 2.35. The van der Waals surface area contributed by atoms with E-state index in [4.69, 9.17) is 19.2 Å². The van der Waals surface area contributed by atoms with Crippen LogP contribution in [0.4, 0.5) is 0 Å². The Balaban J connectivity index is 1.55. The minimum absolute atomic E-state index is 0.0874. The maximum atomic E-state index is 13.2. The predicted octanol–water partition coefficient (Wildman–Crippen LogP) is 3.04. The summed E-state index contributed by atoms with van der Waals surface area (Å²) >= 11 is 0. The zero-order chi connectivity index (χ0) is 22.6. The van der Waals surface area contributed by atoms with Crippen LogP contribution < -0.4 is 4.74 Å². The molecule has 172 valence electrons. The zero-order valence-corrected chi connectivity index (χ0v) is 18.4. The lowest BCUT2D eigenvalue weighted by Gasteiger charge is -2.28. The second kappa shape index (κ2) is 9.74. The topological polar surface area (TPSA) is 84.4 Å². The molecule has 3 heterocycles. The first-order valence-corrected chi connectivity index (χ1v) is 11.2. The Labute approximate surface area is 192 Å². The lowest BCUT2D eigenvalue weighted by atomic mass is 10.0. The van der Waals surface area contributed by atoms with Gasteiger partial charge in [0.2, 0.25) is 0 Å². The van der Waals surface area contributed by atoms with Gasteiger partial charge >= 0.3 is 0 Å². The van der Waals surface area contributed by atoms with E-state index in [1.807, 2.05) is 36.4 Å². The number of morpholine rings is 2. The number of aromatic hydroxyl groups is 1. The summed E-state index contributed by atoms with van der Waals surface area (Å²) in [6.07, 6.45) is 0. The molecule has 0 aliphatic carbocycles. The van der Waals surface area contributed by atoms with E-state index in [9.17, 15) is 9.90 Å². The molecular weight excluding hydrogens is 422 g/mol. The molecule has 1 aromatic heterocycles. The average molecular weight is 450 g/mol. The molecule has 1 N–H and O–H groups in total. The van der Waals surface area contributed by atoms with E-state index < -0.39 is 0 Å². The van der Waals surface area contributed by atoms with Gasteiger partial charge in [-0.25, -0.2) is 4.98 Å². The molecule has 1 amide bonds. The van der Waals surface area contributed by atoms with Crippen molar-refractivity contribution in [1.29, 1.82) is 0 Å². The Hall–Kier alpha value is -3.20. The summed E-state index contributed by atoms with van der Waals surface area (Å²) in [6.45, 7) is 5.41. The number of fused-ring (bicyclic) bond motifs is 1. The van der Waals surface area contributed by atoms with Crippen LogP contribution in [0.3, 0.4) is 0 Å². The molecule has 0 atom stereocenters. The molecular formula is C25H27N3O5. The molecule has 0 radical (unpaired) electrons. The van der Waals surface area contributed by atoms with Crippen LogP contribution in [0.1, 0.15) is 16.2 Å². The number of pyridine rings is 1. The molecule has 0 unspecified atom stereocenters. The van der Waals surface area contributed by atoms with Crippen molar-refractivity contribution in [1.82, 2.24) is 14.8 Å².